The highest BCUT2D eigenvalue weighted by atomic mass is 35.5. The number of benzene rings is 1. The number of methoxy groups -OCH3 is 1. The lowest BCUT2D eigenvalue weighted by atomic mass is 9.80. The molecule has 2 aromatic rings. The number of rotatable bonds is 6. The number of fused-ring (bicyclic) bond motifs is 1. The van der Waals surface area contributed by atoms with Crippen LogP contribution in [-0.2, 0) is 15.7 Å². The fourth-order valence-electron chi connectivity index (χ4n) is 4.30. The van der Waals surface area contributed by atoms with Gasteiger partial charge in [0, 0.05) is 30.7 Å². The monoisotopic (exact) mass is 512 g/mol. The van der Waals surface area contributed by atoms with Gasteiger partial charge in [0.05, 0.1) is 47.4 Å². The number of carbonyl (C=O) groups is 1. The van der Waals surface area contributed by atoms with Crippen LogP contribution in [0.3, 0.4) is 0 Å². The summed E-state index contributed by atoms with van der Waals surface area (Å²) in [6.45, 7) is 2.37. The standard InChI is InChI=1S/C22H20ClF3N4O5/c1-10(12-5-13(22(24,25)26)7-14(6-12)30(32)33)27-20-18-15(28-21(23)29-20)8-16(34-2)17(19(18)31)11-3-4-35-9-11/h5-8,10-11,17H,3-4,9H2,1-2H3,(H,27,28,29)/t10-,11-,17?/m1/s1. The Hall–Kier alpha value is -3.25. The van der Waals surface area contributed by atoms with Crippen molar-refractivity contribution in [2.75, 3.05) is 25.6 Å². The third-order valence-electron chi connectivity index (χ3n) is 6.03. The van der Waals surface area contributed by atoms with Gasteiger partial charge in [-0.05, 0) is 36.6 Å². The van der Waals surface area contributed by atoms with Gasteiger partial charge in [0.2, 0.25) is 5.28 Å². The number of allylic oxidation sites excluding steroid dienone is 1. The van der Waals surface area contributed by atoms with E-state index in [1.807, 2.05) is 0 Å². The van der Waals surface area contributed by atoms with Gasteiger partial charge in [-0.25, -0.2) is 9.97 Å². The molecule has 1 aromatic heterocycles. The Kier molecular flexibility index (Phi) is 6.69. The fraction of sp³-hybridized carbons (Fsp3) is 0.409. The summed E-state index contributed by atoms with van der Waals surface area (Å²) in [5.74, 6) is -0.705. The maximum absolute atomic E-state index is 13.6. The SMILES string of the molecule is COC1=Cc2nc(Cl)nc(N[C@H](C)c3cc([N+](=O)[O-])cc(C(F)(F)F)c3)c2C(=O)C1[C@@H]1CCOC1. The Labute approximate surface area is 202 Å². The van der Waals surface area contributed by atoms with Gasteiger partial charge in [-0.2, -0.15) is 13.2 Å². The predicted molar refractivity (Wildman–Crippen MR) is 119 cm³/mol. The van der Waals surface area contributed by atoms with E-state index >= 15 is 0 Å². The molecule has 13 heteroatoms. The lowest BCUT2D eigenvalue weighted by Gasteiger charge is -2.28. The number of ether oxygens (including phenoxy) is 2. The van der Waals surface area contributed by atoms with Crippen LogP contribution >= 0.6 is 11.6 Å². The van der Waals surface area contributed by atoms with E-state index in [-0.39, 0.29) is 39.6 Å². The molecular formula is C22H20ClF3N4O5. The van der Waals surface area contributed by atoms with Crippen LogP contribution in [0, 0.1) is 22.0 Å². The maximum atomic E-state index is 13.6. The number of carbonyl (C=O) groups excluding carboxylic acids is 1. The minimum Gasteiger partial charge on any atom is -0.500 e. The minimum absolute atomic E-state index is 0.00730. The Balaban J connectivity index is 1.75. The zero-order valence-corrected chi connectivity index (χ0v) is 19.3. The molecule has 1 saturated heterocycles. The van der Waals surface area contributed by atoms with E-state index in [0.29, 0.717) is 31.5 Å². The number of non-ortho nitro benzene ring substituents is 1. The van der Waals surface area contributed by atoms with E-state index in [9.17, 15) is 28.1 Å². The lowest BCUT2D eigenvalue weighted by Crippen LogP contribution is -2.31. The maximum Gasteiger partial charge on any atom is 0.416 e. The normalized spacial score (nSPS) is 20.7. The van der Waals surface area contributed by atoms with Crippen LogP contribution in [0.1, 0.15) is 46.6 Å². The van der Waals surface area contributed by atoms with Crippen LogP contribution in [0.25, 0.3) is 6.08 Å². The molecular weight excluding hydrogens is 493 g/mol. The number of Topliss-reactive ketones (excluding diaryl/α,β-unsaturated/α-hetero) is 1. The largest absolute Gasteiger partial charge is 0.500 e. The zero-order valence-electron chi connectivity index (χ0n) is 18.6. The average molecular weight is 513 g/mol. The van der Waals surface area contributed by atoms with Crippen molar-refractivity contribution in [2.45, 2.75) is 25.6 Å². The van der Waals surface area contributed by atoms with Crippen molar-refractivity contribution in [3.05, 3.63) is 61.7 Å². The predicted octanol–water partition coefficient (Wildman–Crippen LogP) is 5.07. The smallest absolute Gasteiger partial charge is 0.416 e. The first kappa shape index (κ1) is 24.9. The number of halogens is 4. The van der Waals surface area contributed by atoms with Crippen LogP contribution in [0.15, 0.2) is 24.0 Å². The molecule has 9 nitrogen and oxygen atoms in total. The molecule has 1 unspecified atom stereocenters. The second-order valence-corrected chi connectivity index (χ2v) is 8.59. The van der Waals surface area contributed by atoms with E-state index in [1.165, 1.54) is 14.0 Å². The molecule has 35 heavy (non-hydrogen) atoms. The van der Waals surface area contributed by atoms with Gasteiger partial charge in [0.1, 0.15) is 11.6 Å². The molecule has 186 valence electrons. The van der Waals surface area contributed by atoms with E-state index in [2.05, 4.69) is 15.3 Å². The second-order valence-electron chi connectivity index (χ2n) is 8.25. The molecule has 1 fully saturated rings. The van der Waals surface area contributed by atoms with E-state index in [0.717, 1.165) is 12.1 Å². The highest BCUT2D eigenvalue weighted by Crippen LogP contribution is 2.40. The molecule has 0 radical (unpaired) electrons. The third kappa shape index (κ3) is 4.94. The molecule has 1 aromatic carbocycles. The summed E-state index contributed by atoms with van der Waals surface area (Å²) in [6.07, 6.45) is -2.56. The Morgan fingerprint density at radius 3 is 2.66 bits per heavy atom. The first-order chi connectivity index (χ1) is 16.5. The molecule has 1 aliphatic carbocycles. The summed E-state index contributed by atoms with van der Waals surface area (Å²) in [5, 5.41) is 13.9. The van der Waals surface area contributed by atoms with Crippen LogP contribution in [0.4, 0.5) is 24.7 Å². The van der Waals surface area contributed by atoms with E-state index < -0.39 is 34.3 Å². The molecule has 0 saturated carbocycles. The van der Waals surface area contributed by atoms with Gasteiger partial charge in [-0.1, -0.05) is 0 Å². The molecule has 0 amide bonds. The molecule has 1 aliphatic heterocycles. The Morgan fingerprint density at radius 1 is 1.31 bits per heavy atom. The highest BCUT2D eigenvalue weighted by Gasteiger charge is 2.41. The quantitative estimate of drug-likeness (QED) is 0.324. The number of anilines is 1. The zero-order chi connectivity index (χ0) is 25.5. The lowest BCUT2D eigenvalue weighted by molar-refractivity contribution is -0.385. The van der Waals surface area contributed by atoms with Gasteiger partial charge in [-0.3, -0.25) is 14.9 Å². The summed E-state index contributed by atoms with van der Waals surface area (Å²) < 4.78 is 50.9. The average Bonchev–Trinajstić information content (AvgIpc) is 3.31. The van der Waals surface area contributed by atoms with Crippen LogP contribution in [0.2, 0.25) is 5.28 Å². The summed E-state index contributed by atoms with van der Waals surface area (Å²) in [7, 11) is 1.44. The molecule has 4 rings (SSSR count). The molecule has 2 aliphatic rings. The third-order valence-corrected chi connectivity index (χ3v) is 6.20. The number of nitrogens with one attached hydrogen (secondary N) is 1. The second kappa shape index (κ2) is 9.42. The Bertz CT molecular complexity index is 1210. The number of nitrogens with zero attached hydrogens (tertiary/aromatic N) is 3. The van der Waals surface area contributed by atoms with Gasteiger partial charge in [-0.15, -0.1) is 0 Å². The van der Waals surface area contributed by atoms with Crippen LogP contribution in [0.5, 0.6) is 0 Å². The molecule has 2 heterocycles. The number of hydrogen-bond acceptors (Lipinski definition) is 8. The first-order valence-electron chi connectivity index (χ1n) is 10.6. The summed E-state index contributed by atoms with van der Waals surface area (Å²) >= 11 is 6.06. The molecule has 0 spiro atoms. The minimum atomic E-state index is -4.79. The topological polar surface area (TPSA) is 116 Å². The summed E-state index contributed by atoms with van der Waals surface area (Å²) in [5.41, 5.74) is -1.58. The first-order valence-corrected chi connectivity index (χ1v) is 11.0. The number of nitro benzene ring substituents is 1. The number of alkyl halides is 3. The van der Waals surface area contributed by atoms with Crippen LogP contribution < -0.4 is 5.32 Å². The number of aromatic nitrogens is 2. The summed E-state index contributed by atoms with van der Waals surface area (Å²) in [4.78, 5) is 32.1. The van der Waals surface area contributed by atoms with Crippen molar-refractivity contribution in [3.8, 4) is 0 Å². The fourth-order valence-corrected chi connectivity index (χ4v) is 4.48. The number of nitro groups is 1. The number of hydrogen-bond donors (Lipinski definition) is 1. The highest BCUT2D eigenvalue weighted by molar-refractivity contribution is 6.28. The van der Waals surface area contributed by atoms with Gasteiger partial charge in [0.25, 0.3) is 5.69 Å². The van der Waals surface area contributed by atoms with Crippen molar-refractivity contribution >= 4 is 35.0 Å². The van der Waals surface area contributed by atoms with Crippen molar-refractivity contribution in [2.24, 2.45) is 11.8 Å². The van der Waals surface area contributed by atoms with Crippen molar-refractivity contribution in [1.29, 1.82) is 0 Å². The van der Waals surface area contributed by atoms with Gasteiger partial charge in [0.15, 0.2) is 5.78 Å². The van der Waals surface area contributed by atoms with Crippen molar-refractivity contribution < 1.29 is 32.4 Å². The van der Waals surface area contributed by atoms with Crippen LogP contribution in [-0.4, -0.2) is 41.0 Å². The summed E-state index contributed by atoms with van der Waals surface area (Å²) in [6, 6.07) is 1.41. The molecule has 3 atom stereocenters. The van der Waals surface area contributed by atoms with E-state index in [1.54, 1.807) is 6.08 Å². The number of ketones is 1. The molecule has 1 N–H and O–H groups in total. The van der Waals surface area contributed by atoms with Crippen molar-refractivity contribution in [3.63, 3.8) is 0 Å². The van der Waals surface area contributed by atoms with E-state index in [4.69, 9.17) is 21.1 Å². The van der Waals surface area contributed by atoms with Crippen molar-refractivity contribution in [1.82, 2.24) is 9.97 Å². The van der Waals surface area contributed by atoms with Gasteiger partial charge < -0.3 is 14.8 Å². The molecule has 0 bridgehead atoms. The van der Waals surface area contributed by atoms with Gasteiger partial charge >= 0.3 is 6.18 Å². The Morgan fingerprint density at radius 2 is 2.06 bits per heavy atom.